The van der Waals surface area contributed by atoms with E-state index in [4.69, 9.17) is 18.9 Å². The summed E-state index contributed by atoms with van der Waals surface area (Å²) in [7, 11) is 1.58. The van der Waals surface area contributed by atoms with Gasteiger partial charge in [-0.05, 0) is 75.7 Å². The molecule has 404 valence electrons. The zero-order chi connectivity index (χ0) is 55.8. The first kappa shape index (κ1) is 54.4. The second-order valence-electron chi connectivity index (χ2n) is 19.7. The monoisotopic (exact) mass is 1100 g/mol. The Hall–Kier alpha value is -8.37. The maximum Gasteiger partial charge on any atom is 0.415 e. The lowest BCUT2D eigenvalue weighted by atomic mass is 9.71. The SMILES string of the molecule is CC1=C(C)C(=O)C(C(C)(C)CC(=O)N(C)CCN(CCCC(=O)NCCNC(=O)c2ccc3c(c2)C(=O)OC32c3ccc(O)cc3Oc3cc(O)ccc32)C(=O)Oc2ccc3nc(C4=NC(OC=O)CS4)sc3c2)=C(C)C1=O. The van der Waals surface area contributed by atoms with Crippen LogP contribution in [0.4, 0.5) is 4.79 Å². The molecular formula is C56H54N6O14S2. The summed E-state index contributed by atoms with van der Waals surface area (Å²) in [5, 5.41) is 27.2. The van der Waals surface area contributed by atoms with Crippen molar-refractivity contribution < 1.29 is 67.5 Å². The molecule has 22 heteroatoms. The van der Waals surface area contributed by atoms with Gasteiger partial charge in [0, 0.05) is 121 Å². The van der Waals surface area contributed by atoms with Crippen LogP contribution in [-0.4, -0.2) is 130 Å². The van der Waals surface area contributed by atoms with Gasteiger partial charge in [0.25, 0.3) is 12.4 Å². The molecule has 0 saturated carbocycles. The van der Waals surface area contributed by atoms with E-state index in [2.05, 4.69) is 20.6 Å². The topological polar surface area (TPSA) is 270 Å². The number of nitrogens with one attached hydrogen (secondary N) is 2. The number of aromatic nitrogens is 1. The van der Waals surface area contributed by atoms with Gasteiger partial charge in [0.2, 0.25) is 18.0 Å². The van der Waals surface area contributed by atoms with E-state index < -0.39 is 35.2 Å². The third-order valence-corrected chi connectivity index (χ3v) is 16.2. The first-order valence-corrected chi connectivity index (χ1v) is 26.7. The average molecular weight is 1100 g/mol. The van der Waals surface area contributed by atoms with Gasteiger partial charge in [-0.2, -0.15) is 0 Å². The van der Waals surface area contributed by atoms with Crippen molar-refractivity contribution in [3.05, 3.63) is 128 Å². The van der Waals surface area contributed by atoms with E-state index >= 15 is 0 Å². The first-order chi connectivity index (χ1) is 37.2. The minimum absolute atomic E-state index is 0.00880. The molecule has 0 fully saturated rings. The number of fused-ring (bicyclic) bond motifs is 7. The zero-order valence-electron chi connectivity index (χ0n) is 43.3. The van der Waals surface area contributed by atoms with Gasteiger partial charge in [0.1, 0.15) is 38.8 Å². The molecule has 9 rings (SSSR count). The molecular weight excluding hydrogens is 1040 g/mol. The molecule has 4 N–H and O–H groups in total. The van der Waals surface area contributed by atoms with E-state index in [-0.39, 0.29) is 115 Å². The van der Waals surface area contributed by atoms with Crippen molar-refractivity contribution in [3.8, 4) is 28.7 Å². The highest BCUT2D eigenvalue weighted by Gasteiger charge is 2.54. The molecule has 1 spiro atoms. The molecule has 0 bridgehead atoms. The minimum Gasteiger partial charge on any atom is -0.508 e. The van der Waals surface area contributed by atoms with Crippen LogP contribution >= 0.6 is 23.1 Å². The smallest absolute Gasteiger partial charge is 0.415 e. The summed E-state index contributed by atoms with van der Waals surface area (Å²) >= 11 is 2.73. The van der Waals surface area contributed by atoms with Crippen LogP contribution in [0, 0.1) is 5.41 Å². The second kappa shape index (κ2) is 21.9. The highest BCUT2D eigenvalue weighted by atomic mass is 32.2. The third-order valence-electron chi connectivity index (χ3n) is 14.0. The van der Waals surface area contributed by atoms with E-state index in [1.165, 1.54) is 63.2 Å². The van der Waals surface area contributed by atoms with Crippen LogP contribution in [0.25, 0.3) is 10.2 Å². The summed E-state index contributed by atoms with van der Waals surface area (Å²) in [4.78, 5) is 117. The number of nitrogens with zero attached hydrogens (tertiary/aromatic N) is 4. The molecule has 1 unspecified atom stereocenters. The van der Waals surface area contributed by atoms with Crippen LogP contribution in [0.5, 0.6) is 28.7 Å². The number of hydrogen-bond acceptors (Lipinski definition) is 18. The Labute approximate surface area is 455 Å². The zero-order valence-corrected chi connectivity index (χ0v) is 45.0. The molecule has 0 saturated heterocycles. The Balaban J connectivity index is 0.817. The lowest BCUT2D eigenvalue weighted by molar-refractivity contribution is -0.132. The van der Waals surface area contributed by atoms with Gasteiger partial charge in [0.15, 0.2) is 17.2 Å². The molecule has 4 aromatic carbocycles. The summed E-state index contributed by atoms with van der Waals surface area (Å²) in [5.41, 5.74) is 1.08. The first-order valence-electron chi connectivity index (χ1n) is 24.9. The van der Waals surface area contributed by atoms with Crippen LogP contribution in [0.3, 0.4) is 0 Å². The van der Waals surface area contributed by atoms with E-state index in [0.717, 1.165) is 0 Å². The van der Waals surface area contributed by atoms with E-state index in [0.29, 0.717) is 71.5 Å². The van der Waals surface area contributed by atoms with Gasteiger partial charge < -0.3 is 49.6 Å². The number of rotatable bonds is 18. The van der Waals surface area contributed by atoms with E-state index in [1.807, 2.05) is 0 Å². The predicted molar refractivity (Wildman–Crippen MR) is 287 cm³/mol. The predicted octanol–water partition coefficient (Wildman–Crippen LogP) is 7.07. The summed E-state index contributed by atoms with van der Waals surface area (Å²) in [6, 6.07) is 18.4. The van der Waals surface area contributed by atoms with Gasteiger partial charge in [-0.15, -0.1) is 11.3 Å². The number of likely N-dealkylation sites (N-methyl/N-ethyl adjacent to an activating group) is 1. The van der Waals surface area contributed by atoms with E-state index in [1.54, 1.807) is 84.1 Å². The number of aromatic hydroxyl groups is 2. The Morgan fingerprint density at radius 2 is 1.53 bits per heavy atom. The number of carbonyl (C=O) groups excluding carboxylic acids is 8. The number of hydrogen-bond donors (Lipinski definition) is 4. The number of thioether (sulfide) groups is 1. The van der Waals surface area contributed by atoms with Crippen molar-refractivity contribution in [1.29, 1.82) is 0 Å². The number of esters is 1. The molecule has 0 radical (unpaired) electrons. The summed E-state index contributed by atoms with van der Waals surface area (Å²) in [6.07, 6.45) is -1.26. The number of phenols is 2. The fraction of sp³-hybridized carbons (Fsp3) is 0.321. The molecule has 1 aromatic heterocycles. The van der Waals surface area contributed by atoms with Crippen LogP contribution in [0.15, 0.2) is 100 Å². The third kappa shape index (κ3) is 10.7. The number of aliphatic imine (C=N–C) groups is 1. The number of benzene rings is 4. The van der Waals surface area contributed by atoms with Crippen LogP contribution in [0.2, 0.25) is 0 Å². The van der Waals surface area contributed by atoms with Crippen molar-refractivity contribution in [3.63, 3.8) is 0 Å². The Morgan fingerprint density at radius 1 is 0.846 bits per heavy atom. The summed E-state index contributed by atoms with van der Waals surface area (Å²) < 4.78 is 23.7. The van der Waals surface area contributed by atoms with Gasteiger partial charge in [-0.25, -0.2) is 19.6 Å². The Kier molecular flexibility index (Phi) is 15.3. The maximum atomic E-state index is 13.9. The standard InChI is InChI=1S/C56H54N6O14S2/c1-29-30(2)49(69)47(31(3)48(29)68)55(4,5)26-46(67)61(6)20-21-62(54(72)74-35-12-16-40-43(25-35)78-52(59-40)51-60-45(27-77-51)73-28-63)19-7-8-44(66)57-17-18-58-50(70)32-9-13-37-36(22-32)53(71)76-56(37)38-14-10-33(64)23-41(38)75-42-24-34(65)11-15-39(42)56/h9-16,22-25,28,45,64-65H,7-8,17-21,26-27H2,1-6H3,(H,57,66)(H,58,70). The fourth-order valence-electron chi connectivity index (χ4n) is 9.88. The van der Waals surface area contributed by atoms with Gasteiger partial charge >= 0.3 is 12.1 Å². The fourth-order valence-corrected chi connectivity index (χ4v) is 11.9. The van der Waals surface area contributed by atoms with Crippen LogP contribution in [-0.2, 0) is 39.0 Å². The number of ether oxygens (including phenoxy) is 4. The molecule has 78 heavy (non-hydrogen) atoms. The largest absolute Gasteiger partial charge is 0.508 e. The van der Waals surface area contributed by atoms with Crippen molar-refractivity contribution in [1.82, 2.24) is 25.4 Å². The molecule has 4 aliphatic rings. The number of allylic oxidation sites excluding steroid dienone is 4. The highest BCUT2D eigenvalue weighted by Crippen LogP contribution is 2.57. The van der Waals surface area contributed by atoms with E-state index in [9.17, 15) is 48.6 Å². The lowest BCUT2D eigenvalue weighted by Gasteiger charge is -2.36. The van der Waals surface area contributed by atoms with Crippen molar-refractivity contribution >= 4 is 86.2 Å². The number of ketones is 2. The highest BCUT2D eigenvalue weighted by molar-refractivity contribution is 8.15. The van der Waals surface area contributed by atoms with Crippen LogP contribution < -0.4 is 20.1 Å². The van der Waals surface area contributed by atoms with Gasteiger partial charge in [-0.3, -0.25) is 28.8 Å². The average Bonchev–Trinajstić information content (AvgIpc) is 4.22. The molecule has 5 aromatic rings. The molecule has 4 heterocycles. The molecule has 1 aliphatic carbocycles. The van der Waals surface area contributed by atoms with Gasteiger partial charge in [0.05, 0.1) is 21.5 Å². The molecule has 3 aliphatic heterocycles. The number of carbonyl (C=O) groups is 8. The van der Waals surface area contributed by atoms with Crippen LogP contribution in [0.1, 0.15) is 96.3 Å². The van der Waals surface area contributed by atoms with Crippen molar-refractivity contribution in [2.75, 3.05) is 45.5 Å². The number of thiazole rings is 1. The number of amides is 4. The molecule has 1 atom stereocenters. The summed E-state index contributed by atoms with van der Waals surface area (Å²) in [6.45, 7) is 8.87. The van der Waals surface area contributed by atoms with Crippen molar-refractivity contribution in [2.24, 2.45) is 10.4 Å². The van der Waals surface area contributed by atoms with Crippen molar-refractivity contribution in [2.45, 2.75) is 65.7 Å². The number of phenolic OH excluding ortho intramolecular Hbond substituents is 2. The molecule has 4 amide bonds. The normalized spacial score (nSPS) is 16.2. The molecule has 20 nitrogen and oxygen atoms in total. The lowest BCUT2D eigenvalue weighted by Crippen LogP contribution is -2.42. The Morgan fingerprint density at radius 3 is 2.23 bits per heavy atom. The van der Waals surface area contributed by atoms with Gasteiger partial charge in [-0.1, -0.05) is 31.7 Å². The quantitative estimate of drug-likeness (QED) is 0.0296. The number of Topliss-reactive ketones (excluding diaryl/α,β-unsaturated/α-hetero) is 2. The minimum atomic E-state index is -1.49. The summed E-state index contributed by atoms with van der Waals surface area (Å²) in [5.74, 6) is -1.47. The second-order valence-corrected chi connectivity index (χ2v) is 21.8. The maximum absolute atomic E-state index is 13.9. The Bertz CT molecular complexity index is 3420.